The molecule has 0 spiro atoms. The predicted molar refractivity (Wildman–Crippen MR) is 84.1 cm³/mol. The lowest BCUT2D eigenvalue weighted by Crippen LogP contribution is -1.94. The Hall–Kier alpha value is -3.12. The van der Waals surface area contributed by atoms with Gasteiger partial charge < -0.3 is 5.32 Å². The molecule has 3 rings (SSSR count). The van der Waals surface area contributed by atoms with E-state index in [1.54, 1.807) is 18.3 Å². The molecule has 1 heterocycles. The SMILES string of the molecule is N#Cc1ccc(Nc2ccccc2-c2ccccn2)cc1. The first-order chi connectivity index (χ1) is 10.4. The Morgan fingerprint density at radius 2 is 1.62 bits per heavy atom. The van der Waals surface area contributed by atoms with Gasteiger partial charge in [0.25, 0.3) is 0 Å². The van der Waals surface area contributed by atoms with Gasteiger partial charge in [-0.25, -0.2) is 0 Å². The Morgan fingerprint density at radius 1 is 0.857 bits per heavy atom. The molecule has 100 valence electrons. The van der Waals surface area contributed by atoms with Gasteiger partial charge in [0, 0.05) is 23.1 Å². The lowest BCUT2D eigenvalue weighted by Gasteiger charge is -2.11. The van der Waals surface area contributed by atoms with Crippen molar-refractivity contribution in [1.82, 2.24) is 4.98 Å². The second-order valence-electron chi connectivity index (χ2n) is 4.57. The average molecular weight is 271 g/mol. The van der Waals surface area contributed by atoms with E-state index in [0.717, 1.165) is 22.6 Å². The molecule has 0 aliphatic heterocycles. The van der Waals surface area contributed by atoms with Gasteiger partial charge in [-0.1, -0.05) is 24.3 Å². The molecule has 0 unspecified atom stereocenters. The van der Waals surface area contributed by atoms with Gasteiger partial charge in [0.05, 0.1) is 17.3 Å². The van der Waals surface area contributed by atoms with Gasteiger partial charge in [-0.3, -0.25) is 4.98 Å². The van der Waals surface area contributed by atoms with Crippen LogP contribution >= 0.6 is 0 Å². The predicted octanol–water partition coefficient (Wildman–Crippen LogP) is 4.36. The molecule has 21 heavy (non-hydrogen) atoms. The number of para-hydroxylation sites is 1. The van der Waals surface area contributed by atoms with Crippen molar-refractivity contribution in [3.8, 4) is 17.3 Å². The van der Waals surface area contributed by atoms with Crippen LogP contribution in [0.15, 0.2) is 72.9 Å². The number of rotatable bonds is 3. The maximum atomic E-state index is 8.83. The van der Waals surface area contributed by atoms with E-state index in [2.05, 4.69) is 16.4 Å². The molecular weight excluding hydrogens is 258 g/mol. The fourth-order valence-corrected chi connectivity index (χ4v) is 2.12. The molecule has 2 aromatic carbocycles. The van der Waals surface area contributed by atoms with Gasteiger partial charge in [0.1, 0.15) is 0 Å². The van der Waals surface area contributed by atoms with Crippen LogP contribution in [-0.4, -0.2) is 4.98 Å². The first-order valence-electron chi connectivity index (χ1n) is 6.64. The number of hydrogen-bond acceptors (Lipinski definition) is 3. The van der Waals surface area contributed by atoms with Crippen molar-refractivity contribution in [2.75, 3.05) is 5.32 Å². The fraction of sp³-hybridized carbons (Fsp3) is 0. The Bertz CT molecular complexity index is 772. The van der Waals surface area contributed by atoms with Crippen LogP contribution in [0, 0.1) is 11.3 Å². The molecule has 0 bridgehead atoms. The van der Waals surface area contributed by atoms with Crippen molar-refractivity contribution < 1.29 is 0 Å². The largest absolute Gasteiger partial charge is 0.355 e. The molecule has 0 radical (unpaired) electrons. The number of pyridine rings is 1. The number of nitriles is 1. The highest BCUT2D eigenvalue weighted by Crippen LogP contribution is 2.28. The Morgan fingerprint density at radius 3 is 2.33 bits per heavy atom. The lowest BCUT2D eigenvalue weighted by atomic mass is 10.1. The summed E-state index contributed by atoms with van der Waals surface area (Å²) in [6.45, 7) is 0. The Labute approximate surface area is 123 Å². The second kappa shape index (κ2) is 5.89. The smallest absolute Gasteiger partial charge is 0.0991 e. The molecule has 1 aromatic heterocycles. The summed E-state index contributed by atoms with van der Waals surface area (Å²) in [5.74, 6) is 0. The molecule has 0 fully saturated rings. The van der Waals surface area contributed by atoms with Crippen molar-refractivity contribution in [2.45, 2.75) is 0 Å². The third-order valence-corrected chi connectivity index (χ3v) is 3.16. The molecule has 0 aliphatic rings. The minimum Gasteiger partial charge on any atom is -0.355 e. The highest BCUT2D eigenvalue weighted by molar-refractivity contribution is 5.79. The van der Waals surface area contributed by atoms with Crippen LogP contribution in [0.1, 0.15) is 5.56 Å². The van der Waals surface area contributed by atoms with Crippen LogP contribution < -0.4 is 5.32 Å². The topological polar surface area (TPSA) is 48.7 Å². The molecule has 3 nitrogen and oxygen atoms in total. The third kappa shape index (κ3) is 2.90. The Balaban J connectivity index is 1.94. The van der Waals surface area contributed by atoms with Crippen LogP contribution in [-0.2, 0) is 0 Å². The summed E-state index contributed by atoms with van der Waals surface area (Å²) in [6.07, 6.45) is 1.79. The average Bonchev–Trinajstić information content (AvgIpc) is 2.57. The Kier molecular flexibility index (Phi) is 3.62. The van der Waals surface area contributed by atoms with Gasteiger partial charge in [-0.2, -0.15) is 5.26 Å². The summed E-state index contributed by atoms with van der Waals surface area (Å²) >= 11 is 0. The van der Waals surface area contributed by atoms with Crippen molar-refractivity contribution >= 4 is 11.4 Å². The first kappa shape index (κ1) is 12.9. The van der Waals surface area contributed by atoms with Crippen LogP contribution in [0.25, 0.3) is 11.3 Å². The van der Waals surface area contributed by atoms with Crippen LogP contribution in [0.2, 0.25) is 0 Å². The van der Waals surface area contributed by atoms with E-state index in [4.69, 9.17) is 5.26 Å². The van der Waals surface area contributed by atoms with E-state index < -0.39 is 0 Å². The van der Waals surface area contributed by atoms with Gasteiger partial charge in [0.15, 0.2) is 0 Å². The number of aromatic nitrogens is 1. The summed E-state index contributed by atoms with van der Waals surface area (Å²) in [5.41, 5.74) is 4.55. The zero-order valence-electron chi connectivity index (χ0n) is 11.3. The fourth-order valence-electron chi connectivity index (χ4n) is 2.12. The third-order valence-electron chi connectivity index (χ3n) is 3.16. The standard InChI is InChI=1S/C18H13N3/c19-13-14-8-10-15(11-9-14)21-18-7-2-1-5-16(18)17-6-3-4-12-20-17/h1-12,21H. The van der Waals surface area contributed by atoms with Gasteiger partial charge in [-0.15, -0.1) is 0 Å². The minimum atomic E-state index is 0.651. The van der Waals surface area contributed by atoms with Crippen molar-refractivity contribution in [3.05, 3.63) is 78.5 Å². The van der Waals surface area contributed by atoms with Crippen molar-refractivity contribution in [3.63, 3.8) is 0 Å². The maximum Gasteiger partial charge on any atom is 0.0991 e. The number of anilines is 2. The van der Waals surface area contributed by atoms with Crippen LogP contribution in [0.5, 0.6) is 0 Å². The lowest BCUT2D eigenvalue weighted by molar-refractivity contribution is 1.32. The molecule has 0 saturated carbocycles. The zero-order chi connectivity index (χ0) is 14.5. The summed E-state index contributed by atoms with van der Waals surface area (Å²) in [6, 6.07) is 23.4. The number of nitrogens with one attached hydrogen (secondary N) is 1. The maximum absolute atomic E-state index is 8.83. The molecule has 0 amide bonds. The summed E-state index contributed by atoms with van der Waals surface area (Å²) < 4.78 is 0. The van der Waals surface area contributed by atoms with Gasteiger partial charge in [0.2, 0.25) is 0 Å². The second-order valence-corrected chi connectivity index (χ2v) is 4.57. The molecule has 0 aliphatic carbocycles. The number of nitrogens with zero attached hydrogens (tertiary/aromatic N) is 2. The molecule has 1 N–H and O–H groups in total. The van der Waals surface area contributed by atoms with Gasteiger partial charge >= 0.3 is 0 Å². The quantitative estimate of drug-likeness (QED) is 0.769. The molecular formula is C18H13N3. The van der Waals surface area contributed by atoms with Crippen molar-refractivity contribution in [2.24, 2.45) is 0 Å². The molecule has 3 heteroatoms. The summed E-state index contributed by atoms with van der Waals surface area (Å²) in [4.78, 5) is 4.40. The van der Waals surface area contributed by atoms with E-state index >= 15 is 0 Å². The van der Waals surface area contributed by atoms with E-state index in [0.29, 0.717) is 5.56 Å². The minimum absolute atomic E-state index is 0.651. The highest BCUT2D eigenvalue weighted by Gasteiger charge is 2.05. The molecule has 0 atom stereocenters. The normalized spacial score (nSPS) is 9.86. The summed E-state index contributed by atoms with van der Waals surface area (Å²) in [7, 11) is 0. The summed E-state index contributed by atoms with van der Waals surface area (Å²) in [5, 5.41) is 12.2. The van der Waals surface area contributed by atoms with E-state index in [9.17, 15) is 0 Å². The number of hydrogen-bond donors (Lipinski definition) is 1. The molecule has 0 saturated heterocycles. The van der Waals surface area contributed by atoms with Crippen molar-refractivity contribution in [1.29, 1.82) is 5.26 Å². The van der Waals surface area contributed by atoms with Gasteiger partial charge in [-0.05, 0) is 42.5 Å². The highest BCUT2D eigenvalue weighted by atomic mass is 14.9. The van der Waals surface area contributed by atoms with E-state index in [1.165, 1.54) is 0 Å². The number of benzene rings is 2. The zero-order valence-corrected chi connectivity index (χ0v) is 11.3. The van der Waals surface area contributed by atoms with Crippen LogP contribution in [0.3, 0.4) is 0 Å². The van der Waals surface area contributed by atoms with Crippen LogP contribution in [0.4, 0.5) is 11.4 Å². The van der Waals surface area contributed by atoms with E-state index in [-0.39, 0.29) is 0 Å². The monoisotopic (exact) mass is 271 g/mol. The first-order valence-corrected chi connectivity index (χ1v) is 6.64. The molecule has 3 aromatic rings. The van der Waals surface area contributed by atoms with E-state index in [1.807, 2.05) is 54.6 Å².